The first-order valence-electron chi connectivity index (χ1n) is 6.41. The number of hydrogen-bond donors (Lipinski definition) is 2. The molecular weight excluding hydrogens is 244 g/mol. The van der Waals surface area contributed by atoms with Gasteiger partial charge in [0.1, 0.15) is 0 Å². The normalized spacial score (nSPS) is 15.7. The molecule has 1 aromatic rings. The maximum Gasteiger partial charge on any atom is 0.332 e. The summed E-state index contributed by atoms with van der Waals surface area (Å²) in [5.41, 5.74) is 8.01. The van der Waals surface area contributed by atoms with Crippen LogP contribution < -0.4 is 11.1 Å². The van der Waals surface area contributed by atoms with E-state index in [4.69, 9.17) is 10.5 Å². The fourth-order valence-electron chi connectivity index (χ4n) is 2.29. The fourth-order valence-corrected chi connectivity index (χ4v) is 2.29. The zero-order chi connectivity index (χ0) is 13.8. The third-order valence-electron chi connectivity index (χ3n) is 3.22. The second kappa shape index (κ2) is 5.84. The molecule has 1 aliphatic carbocycles. The molecule has 5 nitrogen and oxygen atoms in total. The van der Waals surface area contributed by atoms with Crippen molar-refractivity contribution in [3.8, 4) is 0 Å². The first-order valence-corrected chi connectivity index (χ1v) is 6.41. The highest BCUT2D eigenvalue weighted by Gasteiger charge is 2.28. The highest BCUT2D eigenvalue weighted by Crippen LogP contribution is 2.21. The van der Waals surface area contributed by atoms with Crippen LogP contribution in [0.5, 0.6) is 0 Å². The molecule has 0 fully saturated rings. The van der Waals surface area contributed by atoms with E-state index in [0.717, 1.165) is 12.8 Å². The van der Waals surface area contributed by atoms with Gasteiger partial charge in [-0.1, -0.05) is 24.3 Å². The van der Waals surface area contributed by atoms with E-state index >= 15 is 0 Å². The first-order chi connectivity index (χ1) is 9.11. The van der Waals surface area contributed by atoms with Crippen LogP contribution in [0.15, 0.2) is 24.3 Å². The van der Waals surface area contributed by atoms with Gasteiger partial charge in [-0.3, -0.25) is 4.79 Å². The predicted molar refractivity (Wildman–Crippen MR) is 70.4 cm³/mol. The molecule has 0 spiro atoms. The van der Waals surface area contributed by atoms with Gasteiger partial charge in [0, 0.05) is 6.04 Å². The van der Waals surface area contributed by atoms with Crippen LogP contribution in [-0.4, -0.2) is 30.6 Å². The third kappa shape index (κ3) is 3.12. The lowest BCUT2D eigenvalue weighted by Gasteiger charge is -2.15. The molecule has 1 aromatic carbocycles. The summed E-state index contributed by atoms with van der Waals surface area (Å²) in [5, 5.41) is 2.80. The Morgan fingerprint density at radius 1 is 1.37 bits per heavy atom. The molecule has 2 rings (SSSR count). The summed E-state index contributed by atoms with van der Waals surface area (Å²) in [6.07, 6.45) is 1.55. The monoisotopic (exact) mass is 262 g/mol. The summed E-state index contributed by atoms with van der Waals surface area (Å²) in [5.74, 6) is -1.16. The molecule has 3 N–H and O–H groups in total. The molecule has 1 aliphatic rings. The molecule has 0 saturated heterocycles. The van der Waals surface area contributed by atoms with Crippen LogP contribution in [0, 0.1) is 0 Å². The minimum absolute atomic E-state index is 0.00498. The average Bonchev–Trinajstić information content (AvgIpc) is 2.80. The van der Waals surface area contributed by atoms with Gasteiger partial charge in [0.2, 0.25) is 5.91 Å². The minimum Gasteiger partial charge on any atom is -0.464 e. The number of ether oxygens (including phenoxy) is 1. The van der Waals surface area contributed by atoms with Crippen molar-refractivity contribution in [2.45, 2.75) is 31.8 Å². The van der Waals surface area contributed by atoms with Crippen LogP contribution >= 0.6 is 0 Å². The van der Waals surface area contributed by atoms with Crippen LogP contribution in [-0.2, 0) is 27.2 Å². The third-order valence-corrected chi connectivity index (χ3v) is 3.22. The van der Waals surface area contributed by atoms with Gasteiger partial charge >= 0.3 is 5.97 Å². The summed E-state index contributed by atoms with van der Waals surface area (Å²) in [6.45, 7) is 1.89. The maximum absolute atomic E-state index is 11.8. The van der Waals surface area contributed by atoms with Gasteiger partial charge in [-0.25, -0.2) is 4.79 Å². The van der Waals surface area contributed by atoms with Crippen molar-refractivity contribution in [2.75, 3.05) is 6.61 Å². The lowest BCUT2D eigenvalue weighted by molar-refractivity contribution is -0.148. The number of amides is 1. The second-order valence-electron chi connectivity index (χ2n) is 4.61. The Bertz CT molecular complexity index is 462. The van der Waals surface area contributed by atoms with Crippen LogP contribution in [0.4, 0.5) is 0 Å². The van der Waals surface area contributed by atoms with Gasteiger partial charge in [-0.05, 0) is 30.9 Å². The number of fused-ring (bicyclic) bond motifs is 1. The summed E-state index contributed by atoms with van der Waals surface area (Å²) < 4.78 is 4.73. The van der Waals surface area contributed by atoms with Crippen LogP contribution in [0.3, 0.4) is 0 Å². The zero-order valence-electron chi connectivity index (χ0n) is 10.9. The van der Waals surface area contributed by atoms with E-state index in [1.54, 1.807) is 6.92 Å². The molecule has 0 heterocycles. The topological polar surface area (TPSA) is 81.4 Å². The number of benzene rings is 1. The smallest absolute Gasteiger partial charge is 0.332 e. The van der Waals surface area contributed by atoms with Crippen LogP contribution in [0.2, 0.25) is 0 Å². The Morgan fingerprint density at radius 3 is 2.47 bits per heavy atom. The van der Waals surface area contributed by atoms with Gasteiger partial charge in [-0.2, -0.15) is 0 Å². The van der Waals surface area contributed by atoms with Gasteiger partial charge in [0.25, 0.3) is 0 Å². The predicted octanol–water partition coefficient (Wildman–Crippen LogP) is 0.160. The number of nitrogens with two attached hydrogens (primary N) is 1. The quantitative estimate of drug-likeness (QED) is 0.598. The van der Waals surface area contributed by atoms with Crippen LogP contribution in [0.1, 0.15) is 18.1 Å². The zero-order valence-corrected chi connectivity index (χ0v) is 10.9. The molecule has 19 heavy (non-hydrogen) atoms. The van der Waals surface area contributed by atoms with Crippen LogP contribution in [0.25, 0.3) is 0 Å². The lowest BCUT2D eigenvalue weighted by Crippen LogP contribution is -2.50. The van der Waals surface area contributed by atoms with Gasteiger partial charge in [0.15, 0.2) is 6.04 Å². The number of esters is 1. The second-order valence-corrected chi connectivity index (χ2v) is 4.61. The van der Waals surface area contributed by atoms with E-state index in [9.17, 15) is 9.59 Å². The number of carbonyl (C=O) groups excluding carboxylic acids is 2. The highest BCUT2D eigenvalue weighted by molar-refractivity contribution is 6.01. The molecule has 0 radical (unpaired) electrons. The standard InChI is InChI=1S/C14H18N2O3/c1-2-19-14(18)12(15)13(17)16-11-7-9-5-3-4-6-10(9)8-11/h3-6,11-12H,2,7-8,15H2,1H3,(H,16,17). The van der Waals surface area contributed by atoms with Crippen molar-refractivity contribution < 1.29 is 14.3 Å². The summed E-state index contributed by atoms with van der Waals surface area (Å²) in [6, 6.07) is 6.81. The van der Waals surface area contributed by atoms with E-state index in [1.165, 1.54) is 11.1 Å². The molecule has 1 unspecified atom stereocenters. The molecule has 0 bridgehead atoms. The molecule has 0 aliphatic heterocycles. The Hall–Kier alpha value is -1.88. The Kier molecular flexibility index (Phi) is 4.16. The molecule has 5 heteroatoms. The average molecular weight is 262 g/mol. The molecule has 1 atom stereocenters. The van der Waals surface area contributed by atoms with Crippen molar-refractivity contribution in [3.05, 3.63) is 35.4 Å². The number of hydrogen-bond acceptors (Lipinski definition) is 4. The van der Waals surface area contributed by atoms with E-state index in [2.05, 4.69) is 5.32 Å². The largest absolute Gasteiger partial charge is 0.464 e. The van der Waals surface area contributed by atoms with Crippen molar-refractivity contribution in [1.82, 2.24) is 5.32 Å². The number of rotatable bonds is 4. The van der Waals surface area contributed by atoms with Crippen molar-refractivity contribution in [1.29, 1.82) is 0 Å². The minimum atomic E-state index is -1.25. The SMILES string of the molecule is CCOC(=O)C(N)C(=O)NC1Cc2ccccc2C1. The maximum atomic E-state index is 11.8. The van der Waals surface area contributed by atoms with Gasteiger partial charge in [0.05, 0.1) is 6.61 Å². The van der Waals surface area contributed by atoms with E-state index < -0.39 is 17.9 Å². The van der Waals surface area contributed by atoms with Crippen molar-refractivity contribution in [3.63, 3.8) is 0 Å². The van der Waals surface area contributed by atoms with E-state index in [1.807, 2.05) is 24.3 Å². The van der Waals surface area contributed by atoms with Crippen molar-refractivity contribution >= 4 is 11.9 Å². The highest BCUT2D eigenvalue weighted by atomic mass is 16.5. The molecule has 0 aromatic heterocycles. The van der Waals surface area contributed by atoms with Crippen molar-refractivity contribution in [2.24, 2.45) is 5.73 Å². The molecule has 1 amide bonds. The number of nitrogens with one attached hydrogen (secondary N) is 1. The molecule has 0 saturated carbocycles. The summed E-state index contributed by atoms with van der Waals surface area (Å²) in [7, 11) is 0. The van der Waals surface area contributed by atoms with Gasteiger partial charge < -0.3 is 15.8 Å². The van der Waals surface area contributed by atoms with Gasteiger partial charge in [-0.15, -0.1) is 0 Å². The summed E-state index contributed by atoms with van der Waals surface area (Å²) in [4.78, 5) is 23.2. The Morgan fingerprint density at radius 2 is 1.95 bits per heavy atom. The lowest BCUT2D eigenvalue weighted by atomic mass is 10.1. The number of carbonyl (C=O) groups is 2. The first kappa shape index (κ1) is 13.5. The Labute approximate surface area is 112 Å². The molecular formula is C14H18N2O3. The fraction of sp³-hybridized carbons (Fsp3) is 0.429. The van der Waals surface area contributed by atoms with E-state index in [0.29, 0.717) is 0 Å². The Balaban J connectivity index is 1.90. The molecule has 102 valence electrons. The summed E-state index contributed by atoms with van der Waals surface area (Å²) >= 11 is 0. The van der Waals surface area contributed by atoms with E-state index in [-0.39, 0.29) is 12.6 Å².